The summed E-state index contributed by atoms with van der Waals surface area (Å²) in [5.41, 5.74) is 0.763. The van der Waals surface area contributed by atoms with Crippen molar-refractivity contribution in [1.82, 2.24) is 19.5 Å². The second-order valence-electron chi connectivity index (χ2n) is 4.17. The van der Waals surface area contributed by atoms with Gasteiger partial charge < -0.3 is 4.90 Å². The third-order valence-electron chi connectivity index (χ3n) is 3.06. The molecule has 0 radical (unpaired) electrons. The van der Waals surface area contributed by atoms with Crippen molar-refractivity contribution < 1.29 is 4.79 Å². The van der Waals surface area contributed by atoms with E-state index in [0.29, 0.717) is 11.2 Å². The number of hydrogen-bond acceptors (Lipinski definition) is 3. The van der Waals surface area contributed by atoms with Crippen LogP contribution in [0.2, 0.25) is 0 Å². The number of amides is 1. The molecule has 3 heterocycles. The highest BCUT2D eigenvalue weighted by Crippen LogP contribution is 2.13. The van der Waals surface area contributed by atoms with Gasteiger partial charge in [-0.2, -0.15) is 5.10 Å². The van der Waals surface area contributed by atoms with E-state index in [0.717, 1.165) is 25.9 Å². The average molecular weight is 232 g/mol. The summed E-state index contributed by atoms with van der Waals surface area (Å²) >= 11 is 0. The number of aromatic nitrogens is 3. The summed E-state index contributed by atoms with van der Waals surface area (Å²) < 4.78 is 1.38. The topological polar surface area (TPSA) is 70.5 Å². The van der Waals surface area contributed by atoms with Gasteiger partial charge in [-0.05, 0) is 25.0 Å². The van der Waals surface area contributed by atoms with Crippen LogP contribution in [0.3, 0.4) is 0 Å². The zero-order valence-corrected chi connectivity index (χ0v) is 9.22. The molecule has 0 unspecified atom stereocenters. The van der Waals surface area contributed by atoms with Crippen molar-refractivity contribution in [1.29, 1.82) is 0 Å². The van der Waals surface area contributed by atoms with Crippen LogP contribution in [-0.2, 0) is 0 Å². The molecule has 1 aliphatic rings. The molecule has 0 aliphatic carbocycles. The van der Waals surface area contributed by atoms with Crippen molar-refractivity contribution in [3.63, 3.8) is 0 Å². The number of nitrogens with zero attached hydrogens (tertiary/aromatic N) is 3. The molecule has 0 spiro atoms. The fourth-order valence-electron chi connectivity index (χ4n) is 2.14. The summed E-state index contributed by atoms with van der Waals surface area (Å²) in [7, 11) is 0. The lowest BCUT2D eigenvalue weighted by Gasteiger charge is -2.14. The minimum atomic E-state index is -0.292. The van der Waals surface area contributed by atoms with E-state index in [4.69, 9.17) is 0 Å². The molecular weight excluding hydrogens is 220 g/mol. The van der Waals surface area contributed by atoms with Crippen LogP contribution in [0.4, 0.5) is 0 Å². The molecule has 3 rings (SSSR count). The second kappa shape index (κ2) is 3.73. The molecule has 1 aliphatic heterocycles. The second-order valence-corrected chi connectivity index (χ2v) is 4.17. The summed E-state index contributed by atoms with van der Waals surface area (Å²) in [5, 5.41) is 6.19. The molecule has 6 nitrogen and oxygen atoms in total. The molecule has 88 valence electrons. The van der Waals surface area contributed by atoms with Crippen molar-refractivity contribution in [2.45, 2.75) is 12.8 Å². The first kappa shape index (κ1) is 10.1. The third kappa shape index (κ3) is 1.61. The normalized spacial score (nSPS) is 15.6. The van der Waals surface area contributed by atoms with E-state index in [1.165, 1.54) is 4.40 Å². The van der Waals surface area contributed by atoms with Gasteiger partial charge in [-0.3, -0.25) is 9.20 Å². The van der Waals surface area contributed by atoms with E-state index in [2.05, 4.69) is 10.2 Å². The van der Waals surface area contributed by atoms with Gasteiger partial charge in [0.1, 0.15) is 0 Å². The monoisotopic (exact) mass is 232 g/mol. The highest BCUT2D eigenvalue weighted by molar-refractivity contribution is 5.95. The molecule has 1 saturated heterocycles. The Morgan fingerprint density at radius 3 is 2.88 bits per heavy atom. The largest absolute Gasteiger partial charge is 0.347 e. The zero-order chi connectivity index (χ0) is 11.8. The Kier molecular flexibility index (Phi) is 2.21. The van der Waals surface area contributed by atoms with Gasteiger partial charge in [-0.1, -0.05) is 0 Å². The van der Waals surface area contributed by atoms with Crippen LogP contribution in [0.25, 0.3) is 5.65 Å². The summed E-state index contributed by atoms with van der Waals surface area (Å²) in [6.07, 6.45) is 3.70. The highest BCUT2D eigenvalue weighted by atomic mass is 16.2. The van der Waals surface area contributed by atoms with Crippen molar-refractivity contribution in [2.75, 3.05) is 13.1 Å². The zero-order valence-electron chi connectivity index (χ0n) is 9.22. The number of hydrogen-bond donors (Lipinski definition) is 1. The van der Waals surface area contributed by atoms with Crippen LogP contribution < -0.4 is 5.69 Å². The molecule has 6 heteroatoms. The first-order valence-electron chi connectivity index (χ1n) is 5.62. The summed E-state index contributed by atoms with van der Waals surface area (Å²) in [6.45, 7) is 1.63. The first-order chi connectivity index (χ1) is 8.25. The van der Waals surface area contributed by atoms with Crippen molar-refractivity contribution in [3.05, 3.63) is 34.4 Å². The Morgan fingerprint density at radius 2 is 2.12 bits per heavy atom. The Bertz CT molecular complexity index is 622. The molecule has 1 amide bonds. The lowest BCUT2D eigenvalue weighted by Crippen LogP contribution is -2.27. The Labute approximate surface area is 96.9 Å². The maximum Gasteiger partial charge on any atom is 0.347 e. The van der Waals surface area contributed by atoms with Crippen LogP contribution in [0.1, 0.15) is 23.2 Å². The molecule has 0 aromatic carbocycles. The van der Waals surface area contributed by atoms with E-state index in [9.17, 15) is 9.59 Å². The summed E-state index contributed by atoms with van der Waals surface area (Å²) in [4.78, 5) is 25.2. The van der Waals surface area contributed by atoms with E-state index < -0.39 is 0 Å². The van der Waals surface area contributed by atoms with Crippen LogP contribution in [0.5, 0.6) is 0 Å². The lowest BCUT2D eigenvalue weighted by atomic mass is 10.2. The first-order valence-corrected chi connectivity index (χ1v) is 5.62. The molecular formula is C11H12N4O2. The van der Waals surface area contributed by atoms with Crippen molar-refractivity contribution in [3.8, 4) is 0 Å². The number of carbonyl (C=O) groups excluding carboxylic acids is 1. The Hall–Kier alpha value is -2.11. The predicted octanol–water partition coefficient (Wildman–Crippen LogP) is 0.259. The average Bonchev–Trinajstić information content (AvgIpc) is 2.98. The molecule has 0 atom stereocenters. The number of aromatic amines is 1. The van der Waals surface area contributed by atoms with E-state index in [-0.39, 0.29) is 11.6 Å². The minimum absolute atomic E-state index is 0.0143. The molecule has 2 aromatic heterocycles. The Morgan fingerprint density at radius 1 is 1.35 bits per heavy atom. The smallest absolute Gasteiger partial charge is 0.339 e. The number of pyridine rings is 1. The number of H-pyrrole nitrogens is 1. The number of rotatable bonds is 1. The minimum Gasteiger partial charge on any atom is -0.339 e. The number of carbonyl (C=O) groups is 1. The van der Waals surface area contributed by atoms with Gasteiger partial charge in [0, 0.05) is 24.8 Å². The van der Waals surface area contributed by atoms with Crippen LogP contribution in [0.15, 0.2) is 23.1 Å². The van der Waals surface area contributed by atoms with E-state index >= 15 is 0 Å². The van der Waals surface area contributed by atoms with Crippen LogP contribution >= 0.6 is 0 Å². The van der Waals surface area contributed by atoms with Gasteiger partial charge in [0.05, 0.1) is 0 Å². The number of likely N-dealkylation sites (tertiary alicyclic amines) is 1. The quantitative estimate of drug-likeness (QED) is 0.766. The Balaban J connectivity index is 2.00. The maximum absolute atomic E-state index is 12.1. The molecule has 1 fully saturated rings. The van der Waals surface area contributed by atoms with Gasteiger partial charge in [0.15, 0.2) is 5.65 Å². The number of nitrogens with one attached hydrogen (secondary N) is 1. The fraction of sp³-hybridized carbons (Fsp3) is 0.364. The van der Waals surface area contributed by atoms with E-state index in [1.54, 1.807) is 18.3 Å². The molecule has 2 aromatic rings. The van der Waals surface area contributed by atoms with Crippen LogP contribution in [0, 0.1) is 0 Å². The molecule has 1 N–H and O–H groups in total. The standard InChI is InChI=1S/C11H12N4O2/c16-10(14-4-1-2-5-14)8-3-6-15-9(7-8)12-13-11(15)17/h3,6-7H,1-2,4-5H2,(H,13,17). The summed E-state index contributed by atoms with van der Waals surface area (Å²) in [6, 6.07) is 3.29. The SMILES string of the molecule is O=C(c1ccn2c(=O)[nH]nc2c1)N1CCCC1. The molecule has 17 heavy (non-hydrogen) atoms. The maximum atomic E-state index is 12.1. The molecule has 0 bridgehead atoms. The van der Waals surface area contributed by atoms with Crippen molar-refractivity contribution >= 4 is 11.6 Å². The van der Waals surface area contributed by atoms with Crippen molar-refractivity contribution in [2.24, 2.45) is 0 Å². The van der Waals surface area contributed by atoms with Gasteiger partial charge in [0.2, 0.25) is 0 Å². The highest BCUT2D eigenvalue weighted by Gasteiger charge is 2.19. The summed E-state index contributed by atoms with van der Waals surface area (Å²) in [5.74, 6) is 0.0143. The van der Waals surface area contributed by atoms with Gasteiger partial charge in [0.25, 0.3) is 5.91 Å². The molecule has 0 saturated carbocycles. The van der Waals surface area contributed by atoms with Gasteiger partial charge in [-0.15, -0.1) is 0 Å². The van der Waals surface area contributed by atoms with Gasteiger partial charge in [-0.25, -0.2) is 9.89 Å². The van der Waals surface area contributed by atoms with Crippen LogP contribution in [-0.4, -0.2) is 38.5 Å². The van der Waals surface area contributed by atoms with E-state index in [1.807, 2.05) is 4.90 Å². The fourth-order valence-corrected chi connectivity index (χ4v) is 2.14. The number of fused-ring (bicyclic) bond motifs is 1. The third-order valence-corrected chi connectivity index (χ3v) is 3.06. The predicted molar refractivity (Wildman–Crippen MR) is 61.0 cm³/mol. The lowest BCUT2D eigenvalue weighted by molar-refractivity contribution is 0.0793. The van der Waals surface area contributed by atoms with Gasteiger partial charge >= 0.3 is 5.69 Å².